The van der Waals surface area contributed by atoms with Crippen LogP contribution in [0, 0.1) is 6.92 Å². The Kier molecular flexibility index (Phi) is 4.41. The Labute approximate surface area is 177 Å². The third kappa shape index (κ3) is 3.11. The first-order valence-electron chi connectivity index (χ1n) is 9.23. The first kappa shape index (κ1) is 17.8. The number of aryl methyl sites for hydroxylation is 1. The van der Waals surface area contributed by atoms with Gasteiger partial charge in [-0.15, -0.1) is 0 Å². The molecule has 140 valence electrons. The highest BCUT2D eigenvalue weighted by Gasteiger charge is 2.41. The van der Waals surface area contributed by atoms with E-state index in [0.717, 1.165) is 39.0 Å². The maximum atomic E-state index is 6.38. The summed E-state index contributed by atoms with van der Waals surface area (Å²) in [6, 6.07) is 22.7. The molecule has 0 aromatic heterocycles. The van der Waals surface area contributed by atoms with E-state index in [4.69, 9.17) is 21.4 Å². The summed E-state index contributed by atoms with van der Waals surface area (Å²) in [5, 5.41) is 7.77. The number of benzene rings is 3. The van der Waals surface area contributed by atoms with E-state index in [0.29, 0.717) is 5.02 Å². The van der Waals surface area contributed by atoms with Gasteiger partial charge in [0.15, 0.2) is 0 Å². The quantitative estimate of drug-likeness (QED) is 0.434. The van der Waals surface area contributed by atoms with Crippen molar-refractivity contribution >= 4 is 33.2 Å². The Hall–Kier alpha value is -2.30. The highest BCUT2D eigenvalue weighted by Crippen LogP contribution is 2.48. The first-order chi connectivity index (χ1) is 13.6. The van der Waals surface area contributed by atoms with Crippen molar-refractivity contribution in [3.05, 3.63) is 98.5 Å². The van der Waals surface area contributed by atoms with Crippen LogP contribution in [0.5, 0.6) is 5.75 Å². The van der Waals surface area contributed by atoms with Gasteiger partial charge in [-0.2, -0.15) is 5.10 Å². The summed E-state index contributed by atoms with van der Waals surface area (Å²) < 4.78 is 7.43. The number of ether oxygens (including phenoxy) is 1. The minimum Gasteiger partial charge on any atom is -0.464 e. The maximum Gasteiger partial charge on any atom is 0.213 e. The van der Waals surface area contributed by atoms with E-state index in [2.05, 4.69) is 58.2 Å². The van der Waals surface area contributed by atoms with Gasteiger partial charge in [-0.3, -0.25) is 0 Å². The van der Waals surface area contributed by atoms with Gasteiger partial charge in [-0.05, 0) is 42.8 Å². The molecular formula is C23H18BrClN2O. The lowest BCUT2D eigenvalue weighted by Gasteiger charge is -2.38. The van der Waals surface area contributed by atoms with E-state index in [9.17, 15) is 0 Å². The van der Waals surface area contributed by atoms with E-state index >= 15 is 0 Å². The second-order valence-corrected chi connectivity index (χ2v) is 8.57. The zero-order chi connectivity index (χ0) is 19.3. The smallest absolute Gasteiger partial charge is 0.213 e. The van der Waals surface area contributed by atoms with Crippen molar-refractivity contribution in [1.29, 1.82) is 0 Å². The van der Waals surface area contributed by atoms with Gasteiger partial charge in [0.2, 0.25) is 6.23 Å². The normalized spacial score (nSPS) is 20.2. The molecule has 0 spiro atoms. The summed E-state index contributed by atoms with van der Waals surface area (Å²) >= 11 is 9.85. The molecular weight excluding hydrogens is 436 g/mol. The number of nitrogens with zero attached hydrogens (tertiary/aromatic N) is 2. The molecule has 0 saturated heterocycles. The van der Waals surface area contributed by atoms with Gasteiger partial charge >= 0.3 is 0 Å². The third-order valence-electron chi connectivity index (χ3n) is 5.27. The van der Waals surface area contributed by atoms with Gasteiger partial charge in [0.1, 0.15) is 5.75 Å². The number of halogens is 2. The van der Waals surface area contributed by atoms with E-state index < -0.39 is 0 Å². The fraction of sp³-hybridized carbons (Fsp3) is 0.174. The third-order valence-corrected chi connectivity index (χ3v) is 6.00. The zero-order valence-electron chi connectivity index (χ0n) is 15.3. The molecule has 2 aliphatic rings. The molecule has 3 aromatic rings. The summed E-state index contributed by atoms with van der Waals surface area (Å²) in [5.74, 6) is 0.898. The SMILES string of the molecule is Cc1ccc(C2=NN3[C@H](C2)c2cc(Br)ccc2O[C@@H]3c2cccc(Cl)c2)cc1. The maximum absolute atomic E-state index is 6.38. The summed E-state index contributed by atoms with van der Waals surface area (Å²) in [5.41, 5.74) is 5.63. The lowest BCUT2D eigenvalue weighted by Crippen LogP contribution is -2.33. The molecule has 5 heteroatoms. The van der Waals surface area contributed by atoms with Gasteiger partial charge in [0.25, 0.3) is 0 Å². The molecule has 3 aromatic carbocycles. The molecule has 0 unspecified atom stereocenters. The van der Waals surface area contributed by atoms with Crippen LogP contribution in [0.25, 0.3) is 0 Å². The van der Waals surface area contributed by atoms with Crippen LogP contribution >= 0.6 is 27.5 Å². The Balaban J connectivity index is 1.61. The van der Waals surface area contributed by atoms with Gasteiger partial charge in [0, 0.05) is 27.0 Å². The topological polar surface area (TPSA) is 24.8 Å². The van der Waals surface area contributed by atoms with Crippen LogP contribution in [0.15, 0.2) is 76.3 Å². The molecule has 0 N–H and O–H groups in total. The molecule has 5 rings (SSSR count). The van der Waals surface area contributed by atoms with Crippen LogP contribution in [0.3, 0.4) is 0 Å². The molecule has 2 heterocycles. The Bertz CT molecular complexity index is 1080. The van der Waals surface area contributed by atoms with Crippen LogP contribution in [0.4, 0.5) is 0 Å². The minimum atomic E-state index is -0.305. The molecule has 28 heavy (non-hydrogen) atoms. The van der Waals surface area contributed by atoms with Crippen molar-refractivity contribution in [3.63, 3.8) is 0 Å². The molecule has 0 bridgehead atoms. The van der Waals surface area contributed by atoms with E-state index in [-0.39, 0.29) is 12.3 Å². The largest absolute Gasteiger partial charge is 0.464 e. The Morgan fingerprint density at radius 3 is 2.68 bits per heavy atom. The van der Waals surface area contributed by atoms with Crippen molar-refractivity contribution in [2.24, 2.45) is 5.10 Å². The fourth-order valence-electron chi connectivity index (χ4n) is 3.86. The average Bonchev–Trinajstić information content (AvgIpc) is 3.14. The number of hydrogen-bond acceptors (Lipinski definition) is 3. The molecule has 0 radical (unpaired) electrons. The van der Waals surface area contributed by atoms with Crippen molar-refractivity contribution in [3.8, 4) is 5.75 Å². The lowest BCUT2D eigenvalue weighted by atomic mass is 9.95. The molecule has 0 saturated carbocycles. The second kappa shape index (κ2) is 6.94. The average molecular weight is 454 g/mol. The highest BCUT2D eigenvalue weighted by atomic mass is 79.9. The number of fused-ring (bicyclic) bond motifs is 3. The minimum absolute atomic E-state index is 0.126. The predicted molar refractivity (Wildman–Crippen MR) is 116 cm³/mol. The summed E-state index contributed by atoms with van der Waals surface area (Å²) in [6.07, 6.45) is 0.535. The molecule has 2 aliphatic heterocycles. The summed E-state index contributed by atoms with van der Waals surface area (Å²) in [7, 11) is 0. The molecule has 0 amide bonds. The van der Waals surface area contributed by atoms with Gasteiger partial charge in [-0.1, -0.05) is 69.5 Å². The number of rotatable bonds is 2. The highest BCUT2D eigenvalue weighted by molar-refractivity contribution is 9.10. The van der Waals surface area contributed by atoms with Crippen LogP contribution in [0.2, 0.25) is 5.02 Å². The number of hydrazone groups is 1. The van der Waals surface area contributed by atoms with E-state index in [1.54, 1.807) is 0 Å². The molecule has 2 atom stereocenters. The van der Waals surface area contributed by atoms with Crippen molar-refractivity contribution in [1.82, 2.24) is 5.01 Å². The van der Waals surface area contributed by atoms with Gasteiger partial charge < -0.3 is 4.74 Å². The van der Waals surface area contributed by atoms with Crippen LogP contribution in [-0.2, 0) is 0 Å². The molecule has 3 nitrogen and oxygen atoms in total. The van der Waals surface area contributed by atoms with Crippen LogP contribution in [-0.4, -0.2) is 10.7 Å². The van der Waals surface area contributed by atoms with Crippen molar-refractivity contribution in [2.45, 2.75) is 25.6 Å². The standard InChI is InChI=1S/C23H18BrClN2O/c1-14-5-7-15(8-6-14)20-13-21-19-12-17(24)9-10-22(19)28-23(27(21)26-20)16-3-2-4-18(25)11-16/h2-12,21,23H,13H2,1H3/t21-,23-/m1/s1. The number of hydrogen-bond donors (Lipinski definition) is 0. The van der Waals surface area contributed by atoms with E-state index in [1.807, 2.05) is 36.4 Å². The monoisotopic (exact) mass is 452 g/mol. The van der Waals surface area contributed by atoms with Crippen LogP contribution < -0.4 is 4.74 Å². The van der Waals surface area contributed by atoms with Crippen molar-refractivity contribution in [2.75, 3.05) is 0 Å². The lowest BCUT2D eigenvalue weighted by molar-refractivity contribution is -0.0190. The summed E-state index contributed by atoms with van der Waals surface area (Å²) in [4.78, 5) is 0. The Morgan fingerprint density at radius 1 is 1.07 bits per heavy atom. The van der Waals surface area contributed by atoms with Gasteiger partial charge in [0.05, 0.1) is 11.8 Å². The van der Waals surface area contributed by atoms with Gasteiger partial charge in [-0.25, -0.2) is 5.01 Å². The zero-order valence-corrected chi connectivity index (χ0v) is 17.6. The predicted octanol–water partition coefficient (Wildman–Crippen LogP) is 6.65. The molecule has 0 fully saturated rings. The summed E-state index contributed by atoms with van der Waals surface area (Å²) in [6.45, 7) is 2.10. The first-order valence-corrected chi connectivity index (χ1v) is 10.4. The fourth-order valence-corrected chi connectivity index (χ4v) is 4.44. The van der Waals surface area contributed by atoms with E-state index in [1.165, 1.54) is 5.56 Å². The molecule has 0 aliphatic carbocycles. The second-order valence-electron chi connectivity index (χ2n) is 7.22. The van der Waals surface area contributed by atoms with Crippen molar-refractivity contribution < 1.29 is 4.74 Å². The Morgan fingerprint density at radius 2 is 1.89 bits per heavy atom. The van der Waals surface area contributed by atoms with Crippen LogP contribution in [0.1, 0.15) is 40.9 Å².